The van der Waals surface area contributed by atoms with Gasteiger partial charge >= 0.3 is 23.1 Å². The largest absolute Gasteiger partial charge is 2.00 e. The second kappa shape index (κ2) is 8.46. The molecule has 0 spiro atoms. The third-order valence-corrected chi connectivity index (χ3v) is 1.38. The Kier molecular flexibility index (Phi) is 13.4. The number of rotatable bonds is 0. The van der Waals surface area contributed by atoms with Gasteiger partial charge in [0.2, 0.25) is 0 Å². The standard InChI is InChI=1S/C8H11.ClH.Mg.H3N/c1-7-3-5-8(2)6-4-7;;;/h3-5H,6H2,1-2H3;1H;;1H3/q-1;;+2;. The maximum atomic E-state index is 2.25. The van der Waals surface area contributed by atoms with E-state index in [9.17, 15) is 0 Å². The van der Waals surface area contributed by atoms with Gasteiger partial charge in [0.05, 0.1) is 0 Å². The molecule has 0 heterocycles. The number of halogens is 1. The third-order valence-electron chi connectivity index (χ3n) is 1.38. The summed E-state index contributed by atoms with van der Waals surface area (Å²) in [7, 11) is 0. The van der Waals surface area contributed by atoms with E-state index in [4.69, 9.17) is 0 Å². The Bertz CT molecular complexity index is 143. The zero-order valence-corrected chi connectivity index (χ0v) is 9.49. The van der Waals surface area contributed by atoms with Crippen molar-refractivity contribution >= 4 is 35.5 Å². The average Bonchev–Trinajstić information content (AvgIpc) is 1.77. The van der Waals surface area contributed by atoms with Gasteiger partial charge in [-0.1, -0.05) is 13.3 Å². The van der Waals surface area contributed by atoms with Crippen LogP contribution in [0.3, 0.4) is 0 Å². The fraction of sp³-hybridized carbons (Fsp3) is 0.375. The van der Waals surface area contributed by atoms with Crippen LogP contribution in [0.5, 0.6) is 0 Å². The van der Waals surface area contributed by atoms with E-state index in [-0.39, 0.29) is 41.6 Å². The molecule has 0 aliphatic heterocycles. The van der Waals surface area contributed by atoms with Crippen LogP contribution in [0.4, 0.5) is 0 Å². The minimum Gasteiger partial charge on any atom is -0.344 e. The van der Waals surface area contributed by atoms with Crippen molar-refractivity contribution < 1.29 is 0 Å². The molecule has 0 atom stereocenters. The van der Waals surface area contributed by atoms with E-state index in [1.165, 1.54) is 11.5 Å². The first kappa shape index (κ1) is 17.5. The summed E-state index contributed by atoms with van der Waals surface area (Å²) >= 11 is 0. The number of hydrogen-bond donors (Lipinski definition) is 1. The van der Waals surface area contributed by atoms with Gasteiger partial charge in [-0.3, -0.25) is 0 Å². The van der Waals surface area contributed by atoms with E-state index in [2.05, 4.69) is 32.1 Å². The molecular weight excluding hydrogens is 170 g/mol. The zero-order chi connectivity index (χ0) is 5.98. The monoisotopic (exact) mass is 184 g/mol. The molecular formula is C8H15ClMgN+. The summed E-state index contributed by atoms with van der Waals surface area (Å²) in [6, 6.07) is 0. The van der Waals surface area contributed by atoms with Crippen molar-refractivity contribution in [2.75, 3.05) is 0 Å². The van der Waals surface area contributed by atoms with Crippen LogP contribution in [0.15, 0.2) is 23.8 Å². The molecule has 0 saturated carbocycles. The minimum atomic E-state index is 0. The first-order valence-electron chi connectivity index (χ1n) is 2.96. The van der Waals surface area contributed by atoms with Gasteiger partial charge in [-0.15, -0.1) is 31.0 Å². The minimum absolute atomic E-state index is 0. The zero-order valence-electron chi connectivity index (χ0n) is 7.26. The van der Waals surface area contributed by atoms with E-state index < -0.39 is 0 Å². The molecule has 60 valence electrons. The van der Waals surface area contributed by atoms with Gasteiger partial charge in [-0.05, 0) is 0 Å². The molecule has 1 aliphatic carbocycles. The molecule has 0 aromatic rings. The van der Waals surface area contributed by atoms with Crippen LogP contribution in [-0.2, 0) is 0 Å². The van der Waals surface area contributed by atoms with Gasteiger partial charge in [0.15, 0.2) is 0 Å². The Morgan fingerprint density at radius 2 is 2.00 bits per heavy atom. The Labute approximate surface area is 91.5 Å². The molecule has 1 aliphatic rings. The van der Waals surface area contributed by atoms with Crippen LogP contribution >= 0.6 is 12.4 Å². The maximum absolute atomic E-state index is 2.25. The SMILES string of the molecule is CC1=CC[C-](C)C=C1.Cl.N.[Mg+2]. The average molecular weight is 185 g/mol. The topological polar surface area (TPSA) is 35.0 Å². The van der Waals surface area contributed by atoms with E-state index in [0.717, 1.165) is 6.42 Å². The summed E-state index contributed by atoms with van der Waals surface area (Å²) in [5.41, 5.74) is 1.38. The fourth-order valence-corrected chi connectivity index (χ4v) is 0.732. The van der Waals surface area contributed by atoms with Gasteiger partial charge in [-0.2, -0.15) is 0 Å². The van der Waals surface area contributed by atoms with E-state index >= 15 is 0 Å². The first-order chi connectivity index (χ1) is 3.79. The van der Waals surface area contributed by atoms with Crippen molar-refractivity contribution in [1.29, 1.82) is 0 Å². The second-order valence-electron chi connectivity index (χ2n) is 2.33. The molecule has 0 aromatic carbocycles. The molecule has 3 heteroatoms. The molecule has 11 heavy (non-hydrogen) atoms. The normalized spacial score (nSPS) is 13.6. The summed E-state index contributed by atoms with van der Waals surface area (Å²) in [6.07, 6.45) is 7.71. The van der Waals surface area contributed by atoms with Crippen LogP contribution in [0.1, 0.15) is 20.3 Å². The molecule has 0 fully saturated rings. The molecule has 1 rings (SSSR count). The van der Waals surface area contributed by atoms with Gasteiger partial charge in [0, 0.05) is 0 Å². The molecule has 0 radical (unpaired) electrons. The van der Waals surface area contributed by atoms with Crippen LogP contribution in [0.2, 0.25) is 0 Å². The van der Waals surface area contributed by atoms with Crippen LogP contribution < -0.4 is 6.15 Å². The number of allylic oxidation sites excluding steroid dienone is 4. The van der Waals surface area contributed by atoms with E-state index in [1.54, 1.807) is 0 Å². The van der Waals surface area contributed by atoms with Crippen LogP contribution in [0.25, 0.3) is 0 Å². The molecule has 0 unspecified atom stereocenters. The van der Waals surface area contributed by atoms with Crippen molar-refractivity contribution in [2.24, 2.45) is 0 Å². The molecule has 0 amide bonds. The van der Waals surface area contributed by atoms with Crippen LogP contribution in [-0.4, -0.2) is 23.1 Å². The van der Waals surface area contributed by atoms with E-state index in [1.807, 2.05) is 0 Å². The fourth-order valence-electron chi connectivity index (χ4n) is 0.732. The quantitative estimate of drug-likeness (QED) is 0.456. The summed E-state index contributed by atoms with van der Waals surface area (Å²) in [5, 5.41) is 0. The maximum Gasteiger partial charge on any atom is 2.00 e. The van der Waals surface area contributed by atoms with Crippen molar-refractivity contribution in [3.8, 4) is 0 Å². The molecule has 1 nitrogen and oxygen atoms in total. The van der Waals surface area contributed by atoms with Crippen LogP contribution in [0, 0.1) is 5.92 Å². The summed E-state index contributed by atoms with van der Waals surface area (Å²) < 4.78 is 0. The Hall–Kier alpha value is 0.366. The van der Waals surface area contributed by atoms with Gasteiger partial charge in [0.25, 0.3) is 0 Å². The number of hydrogen-bond acceptors (Lipinski definition) is 1. The first-order valence-corrected chi connectivity index (χ1v) is 2.96. The summed E-state index contributed by atoms with van der Waals surface area (Å²) in [6.45, 7) is 4.28. The van der Waals surface area contributed by atoms with Gasteiger partial charge < -0.3 is 6.15 Å². The van der Waals surface area contributed by atoms with Crippen molar-refractivity contribution in [2.45, 2.75) is 20.3 Å². The summed E-state index contributed by atoms with van der Waals surface area (Å²) in [4.78, 5) is 0. The molecule has 3 N–H and O–H groups in total. The van der Waals surface area contributed by atoms with E-state index in [0.29, 0.717) is 0 Å². The van der Waals surface area contributed by atoms with Crippen molar-refractivity contribution in [3.63, 3.8) is 0 Å². The Morgan fingerprint density at radius 1 is 1.45 bits per heavy atom. The predicted octanol–water partition coefficient (Wildman–Crippen LogP) is 2.69. The van der Waals surface area contributed by atoms with Crippen molar-refractivity contribution in [1.82, 2.24) is 6.15 Å². The smallest absolute Gasteiger partial charge is 0.344 e. The molecule has 0 aromatic heterocycles. The van der Waals surface area contributed by atoms with Gasteiger partial charge in [0.1, 0.15) is 0 Å². The molecule has 0 bridgehead atoms. The third kappa shape index (κ3) is 6.75. The molecule has 0 saturated heterocycles. The summed E-state index contributed by atoms with van der Waals surface area (Å²) in [5.74, 6) is 1.45. The van der Waals surface area contributed by atoms with Crippen molar-refractivity contribution in [3.05, 3.63) is 29.7 Å². The predicted molar refractivity (Wildman–Crippen MR) is 54.5 cm³/mol. The second-order valence-corrected chi connectivity index (χ2v) is 2.33. The Balaban J connectivity index is -0.000000213. The Morgan fingerprint density at radius 3 is 2.27 bits per heavy atom. The van der Waals surface area contributed by atoms with Gasteiger partial charge in [-0.25, -0.2) is 18.1 Å².